The van der Waals surface area contributed by atoms with Gasteiger partial charge in [0.1, 0.15) is 6.61 Å². The largest absolute Gasteiger partial charge is 0.468 e. The number of benzene rings is 1. The number of rotatable bonds is 9. The summed E-state index contributed by atoms with van der Waals surface area (Å²) >= 11 is 1.96. The molecule has 2 aliphatic rings. The van der Waals surface area contributed by atoms with Gasteiger partial charge in [0.25, 0.3) is 5.69 Å². The average molecular weight is 412 g/mol. The lowest BCUT2D eigenvalue weighted by Crippen LogP contribution is -2.31. The van der Waals surface area contributed by atoms with E-state index in [0.29, 0.717) is 24.9 Å². The number of hydrogen-bond acceptors (Lipinski definition) is 9. The second kappa shape index (κ2) is 11.5. The highest BCUT2D eigenvalue weighted by Crippen LogP contribution is 2.23. The third-order valence-corrected chi connectivity index (χ3v) is 4.87. The Balaban J connectivity index is 0.000000485. The highest BCUT2D eigenvalue weighted by molar-refractivity contribution is 7.99. The number of carbonyl (C=O) groups excluding carboxylic acids is 2. The number of nitro benzene ring substituents is 1. The van der Waals surface area contributed by atoms with Crippen LogP contribution < -0.4 is 11.1 Å². The van der Waals surface area contributed by atoms with Gasteiger partial charge < -0.3 is 20.6 Å². The van der Waals surface area contributed by atoms with E-state index in [9.17, 15) is 19.7 Å². The average Bonchev–Trinajstić information content (AvgIpc) is 3.14. The van der Waals surface area contributed by atoms with Crippen molar-refractivity contribution in [1.29, 1.82) is 0 Å². The lowest BCUT2D eigenvalue weighted by Gasteiger charge is -2.13. The second-order valence-electron chi connectivity index (χ2n) is 6.07. The molecule has 2 heterocycles. The molecule has 28 heavy (non-hydrogen) atoms. The molecule has 0 radical (unpaired) electrons. The zero-order valence-electron chi connectivity index (χ0n) is 15.4. The summed E-state index contributed by atoms with van der Waals surface area (Å²) in [5.74, 6) is 1.89. The van der Waals surface area contributed by atoms with Crippen molar-refractivity contribution in [2.24, 2.45) is 5.73 Å². The van der Waals surface area contributed by atoms with Crippen LogP contribution in [0.15, 0.2) is 24.3 Å². The molecule has 1 aromatic rings. The molecular formula is C17H24N4O6S. The first kappa shape index (κ1) is 21.9. The standard InChI is InChI=1S/C14H17N3O6.C3H7NS/c15-8-2-1-3-12(16-14(19)23-16)13(18)22-9-10-4-6-11(7-5-10)17(20)21;1-2-5-3-4-1/h4-7,12H,1-3,8-9,15H2;4H,1-3H2/t12-,16?;/m0./s1. The number of hydroxylamine groups is 2. The van der Waals surface area contributed by atoms with Crippen molar-refractivity contribution in [1.82, 2.24) is 10.4 Å². The molecule has 2 saturated heterocycles. The second-order valence-corrected chi connectivity index (χ2v) is 7.17. The first-order valence-corrected chi connectivity index (χ1v) is 10.1. The van der Waals surface area contributed by atoms with Crippen molar-refractivity contribution in [2.45, 2.75) is 31.9 Å². The molecule has 0 aromatic heterocycles. The molecule has 0 saturated carbocycles. The van der Waals surface area contributed by atoms with E-state index < -0.39 is 23.0 Å². The highest BCUT2D eigenvalue weighted by Gasteiger charge is 2.45. The van der Waals surface area contributed by atoms with Gasteiger partial charge in [-0.25, -0.2) is 9.59 Å². The molecule has 2 aliphatic heterocycles. The first-order valence-electron chi connectivity index (χ1n) is 8.92. The maximum absolute atomic E-state index is 12.1. The van der Waals surface area contributed by atoms with Gasteiger partial charge in [-0.3, -0.25) is 10.1 Å². The molecule has 0 bridgehead atoms. The summed E-state index contributed by atoms with van der Waals surface area (Å²) in [4.78, 5) is 37.8. The number of nitrogens with one attached hydrogen (secondary N) is 1. The number of nitrogens with zero attached hydrogens (tertiary/aromatic N) is 2. The number of thioether (sulfide) groups is 1. The van der Waals surface area contributed by atoms with Crippen molar-refractivity contribution in [3.05, 3.63) is 39.9 Å². The summed E-state index contributed by atoms with van der Waals surface area (Å²) < 4.78 is 5.16. The van der Waals surface area contributed by atoms with E-state index in [1.54, 1.807) is 0 Å². The lowest BCUT2D eigenvalue weighted by atomic mass is 10.1. The minimum atomic E-state index is -0.785. The highest BCUT2D eigenvalue weighted by atomic mass is 32.2. The van der Waals surface area contributed by atoms with E-state index in [4.69, 9.17) is 10.5 Å². The minimum Gasteiger partial charge on any atom is -0.459 e. The smallest absolute Gasteiger partial charge is 0.459 e. The van der Waals surface area contributed by atoms with E-state index in [1.165, 1.54) is 42.4 Å². The van der Waals surface area contributed by atoms with E-state index in [0.717, 1.165) is 11.5 Å². The van der Waals surface area contributed by atoms with Crippen LogP contribution in [-0.4, -0.2) is 52.8 Å². The van der Waals surface area contributed by atoms with Crippen LogP contribution in [0.5, 0.6) is 0 Å². The fraction of sp³-hybridized carbons (Fsp3) is 0.529. The molecule has 2 fully saturated rings. The Bertz CT molecular complexity index is 661. The van der Waals surface area contributed by atoms with Crippen molar-refractivity contribution in [3.8, 4) is 0 Å². The molecule has 154 valence electrons. The zero-order valence-corrected chi connectivity index (χ0v) is 16.2. The van der Waals surface area contributed by atoms with Gasteiger partial charge in [0.05, 0.1) is 4.92 Å². The molecule has 1 amide bonds. The summed E-state index contributed by atoms with van der Waals surface area (Å²) in [5, 5.41) is 14.7. The van der Waals surface area contributed by atoms with Gasteiger partial charge in [0.15, 0.2) is 6.04 Å². The predicted molar refractivity (Wildman–Crippen MR) is 103 cm³/mol. The summed E-state index contributed by atoms with van der Waals surface area (Å²) in [6, 6.07) is 4.90. The van der Waals surface area contributed by atoms with Crippen molar-refractivity contribution < 1.29 is 24.1 Å². The SMILES string of the molecule is C1CSCN1.NCCCC[C@@H](C(=O)OCc1ccc([N+](=O)[O-])cc1)N1OC1=O. The van der Waals surface area contributed by atoms with Crippen LogP contribution in [0.3, 0.4) is 0 Å². The van der Waals surface area contributed by atoms with Crippen LogP contribution in [0.1, 0.15) is 24.8 Å². The number of non-ortho nitro benzene ring substituents is 1. The monoisotopic (exact) mass is 412 g/mol. The van der Waals surface area contributed by atoms with Crippen LogP contribution in [0.4, 0.5) is 10.5 Å². The molecule has 0 spiro atoms. The van der Waals surface area contributed by atoms with Crippen LogP contribution >= 0.6 is 11.8 Å². The summed E-state index contributed by atoms with van der Waals surface area (Å²) in [6.07, 6.45) is 1.24. The van der Waals surface area contributed by atoms with E-state index in [1.807, 2.05) is 11.8 Å². The lowest BCUT2D eigenvalue weighted by molar-refractivity contribution is -0.384. The van der Waals surface area contributed by atoms with E-state index in [2.05, 4.69) is 10.2 Å². The van der Waals surface area contributed by atoms with Crippen molar-refractivity contribution >= 4 is 29.5 Å². The summed E-state index contributed by atoms with van der Waals surface area (Å²) in [5.41, 5.74) is 5.98. The van der Waals surface area contributed by atoms with Gasteiger partial charge in [-0.05, 0) is 43.5 Å². The maximum atomic E-state index is 12.1. The molecule has 11 heteroatoms. The fourth-order valence-electron chi connectivity index (χ4n) is 2.39. The molecule has 1 atom stereocenters. The van der Waals surface area contributed by atoms with E-state index in [-0.39, 0.29) is 12.3 Å². The molecule has 0 aliphatic carbocycles. The van der Waals surface area contributed by atoms with Crippen LogP contribution in [-0.2, 0) is 21.0 Å². The minimum absolute atomic E-state index is 0.0355. The molecule has 0 unspecified atom stereocenters. The summed E-state index contributed by atoms with van der Waals surface area (Å²) in [7, 11) is 0. The Labute approximate surface area is 166 Å². The predicted octanol–water partition coefficient (Wildman–Crippen LogP) is 1.78. The Kier molecular flexibility index (Phi) is 8.98. The Hall–Kier alpha value is -2.37. The normalized spacial score (nSPS) is 15.9. The molecule has 1 aromatic carbocycles. The van der Waals surface area contributed by atoms with Crippen LogP contribution in [0, 0.1) is 10.1 Å². The number of unbranched alkanes of at least 4 members (excludes halogenated alkanes) is 1. The molecule has 3 N–H and O–H groups in total. The topological polar surface area (TPSA) is 140 Å². The third-order valence-electron chi connectivity index (χ3n) is 3.97. The Morgan fingerprint density at radius 1 is 1.39 bits per heavy atom. The molecule has 3 rings (SSSR count). The number of amides is 1. The molecular weight excluding hydrogens is 388 g/mol. The quantitative estimate of drug-likeness (QED) is 0.204. The zero-order chi connectivity index (χ0) is 20.4. The van der Waals surface area contributed by atoms with Gasteiger partial charge in [-0.1, -0.05) is 0 Å². The number of ether oxygens (including phenoxy) is 1. The van der Waals surface area contributed by atoms with Gasteiger partial charge in [0.2, 0.25) is 0 Å². The van der Waals surface area contributed by atoms with Gasteiger partial charge in [-0.15, -0.1) is 16.8 Å². The first-order chi connectivity index (χ1) is 13.5. The van der Waals surface area contributed by atoms with Gasteiger partial charge in [0, 0.05) is 30.3 Å². The number of esters is 1. The van der Waals surface area contributed by atoms with Crippen molar-refractivity contribution in [3.63, 3.8) is 0 Å². The number of hydrogen-bond donors (Lipinski definition) is 2. The number of nitrogens with two attached hydrogens (primary N) is 1. The fourth-order valence-corrected chi connectivity index (χ4v) is 3.11. The van der Waals surface area contributed by atoms with Crippen LogP contribution in [0.2, 0.25) is 0 Å². The third kappa shape index (κ3) is 7.33. The number of carbonyl (C=O) groups is 2. The van der Waals surface area contributed by atoms with Crippen LogP contribution in [0.25, 0.3) is 0 Å². The Morgan fingerprint density at radius 3 is 2.57 bits per heavy atom. The molecule has 10 nitrogen and oxygen atoms in total. The van der Waals surface area contributed by atoms with Gasteiger partial charge in [-0.2, -0.15) is 0 Å². The Morgan fingerprint density at radius 2 is 2.11 bits per heavy atom. The number of nitro groups is 1. The summed E-state index contributed by atoms with van der Waals surface area (Å²) in [6.45, 7) is 1.68. The van der Waals surface area contributed by atoms with Gasteiger partial charge >= 0.3 is 12.1 Å². The van der Waals surface area contributed by atoms with Crippen molar-refractivity contribution in [2.75, 3.05) is 24.7 Å². The maximum Gasteiger partial charge on any atom is 0.468 e. The van der Waals surface area contributed by atoms with E-state index >= 15 is 0 Å².